The van der Waals surface area contributed by atoms with E-state index in [1.165, 1.54) is 0 Å². The van der Waals surface area contributed by atoms with E-state index in [9.17, 15) is 9.59 Å². The first-order valence-electron chi connectivity index (χ1n) is 8.63. The molecule has 0 aliphatic heterocycles. The molecule has 136 valence electrons. The fourth-order valence-corrected chi connectivity index (χ4v) is 2.92. The van der Waals surface area contributed by atoms with E-state index in [1.807, 2.05) is 48.5 Å². The van der Waals surface area contributed by atoms with Gasteiger partial charge in [-0.05, 0) is 47.5 Å². The molecule has 0 atom stereocenters. The van der Waals surface area contributed by atoms with Crippen LogP contribution in [-0.4, -0.2) is 11.8 Å². The molecule has 0 saturated carbocycles. The van der Waals surface area contributed by atoms with Crippen LogP contribution in [0.3, 0.4) is 0 Å². The Balaban J connectivity index is 1.25. The third kappa shape index (κ3) is 4.00. The van der Waals surface area contributed by atoms with Crippen molar-refractivity contribution in [1.82, 2.24) is 10.6 Å². The van der Waals surface area contributed by atoms with Crippen LogP contribution in [0.5, 0.6) is 0 Å². The second-order valence-corrected chi connectivity index (χ2v) is 6.32. The Morgan fingerprint density at radius 3 is 1.67 bits per heavy atom. The van der Waals surface area contributed by atoms with Crippen molar-refractivity contribution in [3.63, 3.8) is 0 Å². The van der Waals surface area contributed by atoms with Gasteiger partial charge < -0.3 is 19.5 Å². The first kappa shape index (κ1) is 16.9. The minimum Gasteiger partial charge on any atom is -0.464 e. The summed E-state index contributed by atoms with van der Waals surface area (Å²) in [5.74, 6) is -0.629. The van der Waals surface area contributed by atoms with Crippen LogP contribution in [0.4, 0.5) is 0 Å². The van der Waals surface area contributed by atoms with Gasteiger partial charge in [-0.25, -0.2) is 0 Å². The number of carbonyl (C=O) groups is 2. The highest BCUT2D eigenvalue weighted by Gasteiger charge is 2.10. The van der Waals surface area contributed by atoms with E-state index in [0.29, 0.717) is 13.1 Å². The smallest absolute Gasteiger partial charge is 0.229 e. The molecule has 4 aromatic rings. The molecule has 2 heterocycles. The molecule has 2 aromatic heterocycles. The third-order valence-corrected chi connectivity index (χ3v) is 4.33. The van der Waals surface area contributed by atoms with Gasteiger partial charge in [0.05, 0.1) is 12.5 Å². The molecule has 0 spiro atoms. The van der Waals surface area contributed by atoms with Crippen LogP contribution in [0.2, 0.25) is 0 Å². The van der Waals surface area contributed by atoms with Gasteiger partial charge in [-0.15, -0.1) is 0 Å². The summed E-state index contributed by atoms with van der Waals surface area (Å²) in [7, 11) is 0. The van der Waals surface area contributed by atoms with Crippen LogP contribution in [0, 0.1) is 0 Å². The molecule has 4 rings (SSSR count). The second-order valence-electron chi connectivity index (χ2n) is 6.32. The minimum absolute atomic E-state index is 0.206. The standard InChI is InChI=1S/C21H18N2O4/c24-20(22-12-14-1-3-18-16(9-14)5-7-26-18)11-21(25)23-13-15-2-4-19-17(10-15)6-8-27-19/h1-10H,11-13H2,(H,22,24)(H,23,25). The normalized spacial score (nSPS) is 11.0. The number of hydrogen-bond acceptors (Lipinski definition) is 4. The van der Waals surface area contributed by atoms with Crippen LogP contribution in [-0.2, 0) is 22.7 Å². The Labute approximate surface area is 155 Å². The molecular weight excluding hydrogens is 344 g/mol. The number of hydrogen-bond donors (Lipinski definition) is 2. The van der Waals surface area contributed by atoms with Crippen molar-refractivity contribution in [2.24, 2.45) is 0 Å². The fraction of sp³-hybridized carbons (Fsp3) is 0.143. The van der Waals surface area contributed by atoms with E-state index in [1.54, 1.807) is 12.5 Å². The van der Waals surface area contributed by atoms with Gasteiger partial charge >= 0.3 is 0 Å². The maximum atomic E-state index is 12.0. The quantitative estimate of drug-likeness (QED) is 0.514. The molecule has 2 N–H and O–H groups in total. The first-order valence-corrected chi connectivity index (χ1v) is 8.63. The van der Waals surface area contributed by atoms with Crippen LogP contribution in [0.25, 0.3) is 21.9 Å². The van der Waals surface area contributed by atoms with Crippen molar-refractivity contribution >= 4 is 33.8 Å². The van der Waals surface area contributed by atoms with E-state index in [0.717, 1.165) is 33.1 Å². The van der Waals surface area contributed by atoms with Gasteiger partial charge in [0, 0.05) is 23.9 Å². The molecule has 0 radical (unpaired) electrons. The van der Waals surface area contributed by atoms with Crippen molar-refractivity contribution in [3.05, 3.63) is 72.2 Å². The largest absolute Gasteiger partial charge is 0.464 e. The monoisotopic (exact) mass is 362 g/mol. The summed E-state index contributed by atoms with van der Waals surface area (Å²) in [5, 5.41) is 7.49. The Morgan fingerprint density at radius 2 is 1.19 bits per heavy atom. The van der Waals surface area contributed by atoms with Gasteiger partial charge in [0.15, 0.2) is 0 Å². The number of nitrogens with one attached hydrogen (secondary N) is 2. The van der Waals surface area contributed by atoms with E-state index in [4.69, 9.17) is 8.83 Å². The zero-order chi connectivity index (χ0) is 18.6. The van der Waals surface area contributed by atoms with Gasteiger partial charge in [-0.2, -0.15) is 0 Å². The van der Waals surface area contributed by atoms with Crippen LogP contribution in [0.1, 0.15) is 17.5 Å². The van der Waals surface area contributed by atoms with E-state index >= 15 is 0 Å². The van der Waals surface area contributed by atoms with Crippen molar-refractivity contribution in [3.8, 4) is 0 Å². The number of rotatable bonds is 6. The van der Waals surface area contributed by atoms with Gasteiger partial charge in [0.1, 0.15) is 17.6 Å². The van der Waals surface area contributed by atoms with Gasteiger partial charge in [-0.3, -0.25) is 9.59 Å². The molecule has 0 fully saturated rings. The molecule has 0 bridgehead atoms. The minimum atomic E-state index is -0.315. The predicted octanol–water partition coefficient (Wildman–Crippen LogP) is 3.50. The van der Waals surface area contributed by atoms with E-state index in [2.05, 4.69) is 10.6 Å². The third-order valence-electron chi connectivity index (χ3n) is 4.33. The molecule has 27 heavy (non-hydrogen) atoms. The predicted molar refractivity (Wildman–Crippen MR) is 101 cm³/mol. The van der Waals surface area contributed by atoms with Crippen molar-refractivity contribution in [2.45, 2.75) is 19.5 Å². The Kier molecular flexibility index (Phi) is 4.61. The van der Waals surface area contributed by atoms with Crippen LogP contribution >= 0.6 is 0 Å². The zero-order valence-electron chi connectivity index (χ0n) is 14.5. The molecule has 0 saturated heterocycles. The Bertz CT molecular complexity index is 1020. The molecule has 6 heteroatoms. The lowest BCUT2D eigenvalue weighted by Crippen LogP contribution is -2.31. The number of furan rings is 2. The molecule has 2 aromatic carbocycles. The maximum Gasteiger partial charge on any atom is 0.229 e. The summed E-state index contributed by atoms with van der Waals surface area (Å²) < 4.78 is 10.6. The Hall–Kier alpha value is -3.54. The maximum absolute atomic E-state index is 12.0. The summed E-state index contributed by atoms with van der Waals surface area (Å²) in [6.07, 6.45) is 3.05. The fourth-order valence-electron chi connectivity index (χ4n) is 2.92. The number of amides is 2. The highest BCUT2D eigenvalue weighted by atomic mass is 16.3. The number of benzene rings is 2. The lowest BCUT2D eigenvalue weighted by Gasteiger charge is -2.07. The van der Waals surface area contributed by atoms with Crippen LogP contribution in [0.15, 0.2) is 69.9 Å². The Morgan fingerprint density at radius 1 is 0.704 bits per heavy atom. The summed E-state index contributed by atoms with van der Waals surface area (Å²) in [4.78, 5) is 24.0. The number of carbonyl (C=O) groups excluding carboxylic acids is 2. The highest BCUT2D eigenvalue weighted by molar-refractivity contribution is 5.96. The number of fused-ring (bicyclic) bond motifs is 2. The van der Waals surface area contributed by atoms with Crippen molar-refractivity contribution < 1.29 is 18.4 Å². The SMILES string of the molecule is O=C(CC(=O)NCc1ccc2occc2c1)NCc1ccc2occc2c1. The summed E-state index contributed by atoms with van der Waals surface area (Å²) >= 11 is 0. The summed E-state index contributed by atoms with van der Waals surface area (Å²) in [6, 6.07) is 15.1. The highest BCUT2D eigenvalue weighted by Crippen LogP contribution is 2.17. The van der Waals surface area contributed by atoms with Crippen molar-refractivity contribution in [1.29, 1.82) is 0 Å². The summed E-state index contributed by atoms with van der Waals surface area (Å²) in [5.41, 5.74) is 3.51. The molecule has 0 unspecified atom stereocenters. The molecule has 2 amide bonds. The molecule has 6 nitrogen and oxygen atoms in total. The van der Waals surface area contributed by atoms with Gasteiger partial charge in [0.25, 0.3) is 0 Å². The van der Waals surface area contributed by atoms with Gasteiger partial charge in [0.2, 0.25) is 11.8 Å². The topological polar surface area (TPSA) is 84.5 Å². The average Bonchev–Trinajstić information content (AvgIpc) is 3.32. The molecule has 0 aliphatic carbocycles. The lowest BCUT2D eigenvalue weighted by molar-refractivity contribution is -0.129. The van der Waals surface area contributed by atoms with Crippen molar-refractivity contribution in [2.75, 3.05) is 0 Å². The first-order chi connectivity index (χ1) is 13.2. The van der Waals surface area contributed by atoms with Crippen LogP contribution < -0.4 is 10.6 Å². The zero-order valence-corrected chi connectivity index (χ0v) is 14.5. The summed E-state index contributed by atoms with van der Waals surface area (Å²) in [6.45, 7) is 0.731. The van der Waals surface area contributed by atoms with E-state index in [-0.39, 0.29) is 18.2 Å². The second kappa shape index (κ2) is 7.37. The molecule has 0 aliphatic rings. The lowest BCUT2D eigenvalue weighted by atomic mass is 10.1. The van der Waals surface area contributed by atoms with E-state index < -0.39 is 0 Å². The van der Waals surface area contributed by atoms with Gasteiger partial charge in [-0.1, -0.05) is 12.1 Å². The molecular formula is C21H18N2O4. The average molecular weight is 362 g/mol.